The number of rotatable bonds is 3. The third kappa shape index (κ3) is 2.69. The molecule has 0 unspecified atom stereocenters. The number of hydrogen-bond acceptors (Lipinski definition) is 4. The van der Waals surface area contributed by atoms with Crippen LogP contribution in [0.1, 0.15) is 11.1 Å². The Balaban J connectivity index is 2.96. The molecule has 15 heavy (non-hydrogen) atoms. The van der Waals surface area contributed by atoms with E-state index in [1.165, 1.54) is 18.2 Å². The minimum Gasteiger partial charge on any atom is -0.508 e. The number of aromatic hydroxyl groups is 1. The van der Waals surface area contributed by atoms with E-state index in [4.69, 9.17) is 21.2 Å². The van der Waals surface area contributed by atoms with Gasteiger partial charge >= 0.3 is 5.97 Å². The van der Waals surface area contributed by atoms with E-state index < -0.39 is 12.0 Å². The van der Waals surface area contributed by atoms with Crippen molar-refractivity contribution in [3.8, 4) is 11.8 Å². The summed E-state index contributed by atoms with van der Waals surface area (Å²) in [6.07, 6.45) is 0.0680. The predicted molar refractivity (Wildman–Crippen MR) is 52.1 cm³/mol. The molecule has 1 rings (SSSR count). The third-order valence-electron chi connectivity index (χ3n) is 1.97. The molecule has 1 atom stereocenters. The van der Waals surface area contributed by atoms with E-state index in [0.29, 0.717) is 5.56 Å². The average molecular weight is 206 g/mol. The molecule has 1 aromatic carbocycles. The number of carbonyl (C=O) groups is 1. The van der Waals surface area contributed by atoms with Crippen molar-refractivity contribution in [2.45, 2.75) is 12.5 Å². The summed E-state index contributed by atoms with van der Waals surface area (Å²) < 4.78 is 0. The zero-order valence-corrected chi connectivity index (χ0v) is 7.84. The quantitative estimate of drug-likeness (QED) is 0.655. The Labute approximate surface area is 86.4 Å². The minimum atomic E-state index is -1.12. The average Bonchev–Trinajstić information content (AvgIpc) is 2.20. The van der Waals surface area contributed by atoms with E-state index in [-0.39, 0.29) is 17.7 Å². The van der Waals surface area contributed by atoms with E-state index in [2.05, 4.69) is 0 Å². The molecule has 0 aliphatic heterocycles. The topological polar surface area (TPSA) is 107 Å². The molecule has 1 aromatic rings. The van der Waals surface area contributed by atoms with Crippen LogP contribution in [0.5, 0.6) is 5.75 Å². The highest BCUT2D eigenvalue weighted by Crippen LogP contribution is 2.16. The number of nitriles is 1. The Bertz CT molecular complexity index is 423. The molecule has 5 nitrogen and oxygen atoms in total. The first kappa shape index (κ1) is 11.0. The van der Waals surface area contributed by atoms with Crippen LogP contribution in [0, 0.1) is 11.3 Å². The van der Waals surface area contributed by atoms with E-state index in [1.54, 1.807) is 0 Å². The maximum absolute atomic E-state index is 10.5. The molecule has 0 bridgehead atoms. The van der Waals surface area contributed by atoms with Gasteiger partial charge in [-0.25, -0.2) is 0 Å². The van der Waals surface area contributed by atoms with Gasteiger partial charge in [-0.2, -0.15) is 5.26 Å². The van der Waals surface area contributed by atoms with Gasteiger partial charge in [0.15, 0.2) is 0 Å². The van der Waals surface area contributed by atoms with Gasteiger partial charge in [0, 0.05) is 0 Å². The highest BCUT2D eigenvalue weighted by atomic mass is 16.4. The van der Waals surface area contributed by atoms with E-state index in [1.807, 2.05) is 6.07 Å². The lowest BCUT2D eigenvalue weighted by Crippen LogP contribution is -2.32. The van der Waals surface area contributed by atoms with Crippen molar-refractivity contribution in [3.05, 3.63) is 29.3 Å². The van der Waals surface area contributed by atoms with Crippen molar-refractivity contribution in [2.75, 3.05) is 0 Å². The molecule has 78 valence electrons. The Morgan fingerprint density at radius 3 is 2.80 bits per heavy atom. The van der Waals surface area contributed by atoms with Crippen molar-refractivity contribution in [1.82, 2.24) is 0 Å². The SMILES string of the molecule is N#Cc1cc(O)ccc1C[C@H](N)C(=O)O. The monoisotopic (exact) mass is 206 g/mol. The van der Waals surface area contributed by atoms with Crippen LogP contribution >= 0.6 is 0 Å². The van der Waals surface area contributed by atoms with E-state index in [0.717, 1.165) is 0 Å². The first-order valence-electron chi connectivity index (χ1n) is 4.25. The van der Waals surface area contributed by atoms with Crippen molar-refractivity contribution >= 4 is 5.97 Å². The molecule has 5 heteroatoms. The Morgan fingerprint density at radius 2 is 2.27 bits per heavy atom. The Kier molecular flexibility index (Phi) is 3.26. The summed E-state index contributed by atoms with van der Waals surface area (Å²) in [7, 11) is 0. The molecule has 0 radical (unpaired) electrons. The normalized spacial score (nSPS) is 11.7. The number of aliphatic carboxylic acids is 1. The lowest BCUT2D eigenvalue weighted by Gasteiger charge is -2.07. The molecular formula is C10H10N2O3. The van der Waals surface area contributed by atoms with E-state index >= 15 is 0 Å². The van der Waals surface area contributed by atoms with Gasteiger partial charge in [-0.05, 0) is 24.1 Å². The molecule has 0 aliphatic carbocycles. The number of nitrogens with zero attached hydrogens (tertiary/aromatic N) is 1. The summed E-state index contributed by atoms with van der Waals surface area (Å²) in [6.45, 7) is 0. The smallest absolute Gasteiger partial charge is 0.320 e. The molecule has 0 saturated carbocycles. The second-order valence-corrected chi connectivity index (χ2v) is 3.10. The van der Waals surface area contributed by atoms with Gasteiger partial charge in [0.25, 0.3) is 0 Å². The molecule has 4 N–H and O–H groups in total. The predicted octanol–water partition coefficient (Wildman–Crippen LogP) is 0.218. The van der Waals surface area contributed by atoms with Gasteiger partial charge in [0.2, 0.25) is 0 Å². The zero-order chi connectivity index (χ0) is 11.4. The van der Waals surface area contributed by atoms with Crippen LogP contribution in [-0.4, -0.2) is 22.2 Å². The number of benzene rings is 1. The van der Waals surface area contributed by atoms with Gasteiger partial charge in [-0.3, -0.25) is 4.79 Å². The third-order valence-corrected chi connectivity index (χ3v) is 1.97. The number of phenolic OH excluding ortho intramolecular Hbond substituents is 1. The molecule has 0 saturated heterocycles. The Morgan fingerprint density at radius 1 is 1.60 bits per heavy atom. The molecule has 0 aliphatic rings. The molecule has 0 heterocycles. The van der Waals surface area contributed by atoms with Crippen molar-refractivity contribution in [1.29, 1.82) is 5.26 Å². The first-order chi connectivity index (χ1) is 7.04. The van der Waals surface area contributed by atoms with Crippen molar-refractivity contribution in [2.24, 2.45) is 5.73 Å². The van der Waals surface area contributed by atoms with E-state index in [9.17, 15) is 4.79 Å². The highest BCUT2D eigenvalue weighted by molar-refractivity contribution is 5.73. The van der Waals surface area contributed by atoms with Gasteiger partial charge < -0.3 is 15.9 Å². The van der Waals surface area contributed by atoms with Crippen molar-refractivity contribution < 1.29 is 15.0 Å². The largest absolute Gasteiger partial charge is 0.508 e. The number of carboxylic acids is 1. The fourth-order valence-corrected chi connectivity index (χ4v) is 1.17. The molecule has 0 aromatic heterocycles. The number of phenols is 1. The van der Waals surface area contributed by atoms with Crippen LogP contribution in [0.4, 0.5) is 0 Å². The highest BCUT2D eigenvalue weighted by Gasteiger charge is 2.14. The first-order valence-corrected chi connectivity index (χ1v) is 4.25. The number of nitrogens with two attached hydrogens (primary N) is 1. The standard InChI is InChI=1S/C10H10N2O3/c11-5-7-3-8(13)2-1-6(7)4-9(12)10(14)15/h1-3,9,13H,4,12H2,(H,14,15)/t9-/m0/s1. The van der Waals surface area contributed by atoms with Gasteiger partial charge in [0.1, 0.15) is 11.8 Å². The Hall–Kier alpha value is -2.06. The second kappa shape index (κ2) is 4.44. The van der Waals surface area contributed by atoms with Crippen LogP contribution in [-0.2, 0) is 11.2 Å². The van der Waals surface area contributed by atoms with Crippen LogP contribution in [0.2, 0.25) is 0 Å². The molecule has 0 fully saturated rings. The maximum atomic E-state index is 10.5. The lowest BCUT2D eigenvalue weighted by molar-refractivity contribution is -0.138. The summed E-state index contributed by atoms with van der Waals surface area (Å²) in [5, 5.41) is 26.5. The fraction of sp³-hybridized carbons (Fsp3) is 0.200. The summed E-state index contributed by atoms with van der Waals surface area (Å²) >= 11 is 0. The van der Waals surface area contributed by atoms with Crippen LogP contribution in [0.15, 0.2) is 18.2 Å². The van der Waals surface area contributed by atoms with Crippen molar-refractivity contribution in [3.63, 3.8) is 0 Å². The fourth-order valence-electron chi connectivity index (χ4n) is 1.17. The molecule has 0 spiro atoms. The van der Waals surface area contributed by atoms with Gasteiger partial charge in [-0.1, -0.05) is 6.07 Å². The maximum Gasteiger partial charge on any atom is 0.320 e. The molecular weight excluding hydrogens is 196 g/mol. The van der Waals surface area contributed by atoms with Gasteiger partial charge in [0.05, 0.1) is 11.6 Å². The van der Waals surface area contributed by atoms with Crippen LogP contribution in [0.3, 0.4) is 0 Å². The zero-order valence-electron chi connectivity index (χ0n) is 7.84. The number of hydrogen-bond donors (Lipinski definition) is 3. The summed E-state index contributed by atoms with van der Waals surface area (Å²) in [5.74, 6) is -1.15. The second-order valence-electron chi connectivity index (χ2n) is 3.10. The van der Waals surface area contributed by atoms with Crippen LogP contribution in [0.25, 0.3) is 0 Å². The van der Waals surface area contributed by atoms with Gasteiger partial charge in [-0.15, -0.1) is 0 Å². The molecule has 0 amide bonds. The minimum absolute atomic E-state index is 0.0285. The lowest BCUT2D eigenvalue weighted by atomic mass is 10.0. The van der Waals surface area contributed by atoms with Crippen LogP contribution < -0.4 is 5.73 Å². The summed E-state index contributed by atoms with van der Waals surface area (Å²) in [4.78, 5) is 10.5. The summed E-state index contributed by atoms with van der Waals surface area (Å²) in [6, 6.07) is 5.00. The summed E-state index contributed by atoms with van der Waals surface area (Å²) in [5.41, 5.74) is 6.10. The number of carboxylic acid groups (broad SMARTS) is 1.